The topological polar surface area (TPSA) is 66.4 Å². The number of carbonyl (C=O) groups excluding carboxylic acids is 1. The first-order valence-corrected chi connectivity index (χ1v) is 6.16. The summed E-state index contributed by atoms with van der Waals surface area (Å²) in [5.41, 5.74) is 0. The summed E-state index contributed by atoms with van der Waals surface area (Å²) < 4.78 is 0. The Balaban J connectivity index is 1.79. The first-order chi connectivity index (χ1) is 7.63. The van der Waals surface area contributed by atoms with Gasteiger partial charge in [-0.3, -0.25) is 4.79 Å². The van der Waals surface area contributed by atoms with E-state index in [4.69, 9.17) is 5.11 Å². The zero-order chi connectivity index (χ0) is 11.7. The van der Waals surface area contributed by atoms with E-state index in [0.717, 1.165) is 18.8 Å². The van der Waals surface area contributed by atoms with Gasteiger partial charge in [-0.25, -0.2) is 4.79 Å². The first-order valence-electron chi connectivity index (χ1n) is 6.16. The second kappa shape index (κ2) is 4.44. The highest BCUT2D eigenvalue weighted by molar-refractivity contribution is 5.86. The number of hydrogen-bond acceptors (Lipinski definition) is 2. The normalized spacial score (nSPS) is 29.6. The van der Waals surface area contributed by atoms with Crippen molar-refractivity contribution in [3.63, 3.8) is 0 Å². The molecule has 1 amide bonds. The molecule has 16 heavy (non-hydrogen) atoms. The zero-order valence-corrected chi connectivity index (χ0v) is 9.61. The molecule has 4 heteroatoms. The molecular formula is C12H19NO3. The van der Waals surface area contributed by atoms with E-state index in [1.807, 2.05) is 6.92 Å². The van der Waals surface area contributed by atoms with Crippen LogP contribution in [0.5, 0.6) is 0 Å². The molecule has 0 aliphatic heterocycles. The monoisotopic (exact) mass is 225 g/mol. The number of aliphatic carboxylic acids is 1. The van der Waals surface area contributed by atoms with E-state index in [1.165, 1.54) is 12.8 Å². The average molecular weight is 225 g/mol. The molecule has 90 valence electrons. The molecule has 2 rings (SSSR count). The van der Waals surface area contributed by atoms with Gasteiger partial charge >= 0.3 is 5.97 Å². The van der Waals surface area contributed by atoms with Gasteiger partial charge in [0.25, 0.3) is 0 Å². The van der Waals surface area contributed by atoms with Gasteiger partial charge in [-0.05, 0) is 37.5 Å². The maximum atomic E-state index is 11.8. The summed E-state index contributed by atoms with van der Waals surface area (Å²) in [4.78, 5) is 22.6. The van der Waals surface area contributed by atoms with Gasteiger partial charge in [0, 0.05) is 5.92 Å². The maximum Gasteiger partial charge on any atom is 0.326 e. The lowest BCUT2D eigenvalue weighted by molar-refractivity contribution is -0.142. The van der Waals surface area contributed by atoms with Crippen LogP contribution in [0.4, 0.5) is 0 Å². The maximum absolute atomic E-state index is 11.8. The van der Waals surface area contributed by atoms with Crippen molar-refractivity contribution < 1.29 is 14.7 Å². The number of rotatable bonds is 6. The van der Waals surface area contributed by atoms with Crippen LogP contribution in [0.1, 0.15) is 39.0 Å². The van der Waals surface area contributed by atoms with Crippen LogP contribution in [0.3, 0.4) is 0 Å². The Morgan fingerprint density at radius 2 is 2.12 bits per heavy atom. The van der Waals surface area contributed by atoms with E-state index < -0.39 is 12.0 Å². The molecule has 2 N–H and O–H groups in total. The number of amides is 1. The van der Waals surface area contributed by atoms with Crippen molar-refractivity contribution in [2.24, 2.45) is 17.8 Å². The molecule has 2 fully saturated rings. The quantitative estimate of drug-likeness (QED) is 0.718. The third-order valence-electron chi connectivity index (χ3n) is 3.60. The highest BCUT2D eigenvalue weighted by atomic mass is 16.4. The first kappa shape index (κ1) is 11.4. The number of carboxylic acid groups (broad SMARTS) is 1. The van der Waals surface area contributed by atoms with E-state index in [2.05, 4.69) is 5.32 Å². The van der Waals surface area contributed by atoms with Crippen molar-refractivity contribution in [2.45, 2.75) is 45.1 Å². The summed E-state index contributed by atoms with van der Waals surface area (Å²) >= 11 is 0. The van der Waals surface area contributed by atoms with Crippen LogP contribution in [0.2, 0.25) is 0 Å². The van der Waals surface area contributed by atoms with Crippen molar-refractivity contribution in [1.29, 1.82) is 0 Å². The van der Waals surface area contributed by atoms with Crippen LogP contribution in [-0.2, 0) is 9.59 Å². The highest BCUT2D eigenvalue weighted by Crippen LogP contribution is 2.54. The Labute approximate surface area is 95.4 Å². The van der Waals surface area contributed by atoms with Crippen LogP contribution in [0, 0.1) is 17.8 Å². The highest BCUT2D eigenvalue weighted by Gasteiger charge is 2.51. The largest absolute Gasteiger partial charge is 0.480 e. The lowest BCUT2D eigenvalue weighted by Crippen LogP contribution is -2.41. The van der Waals surface area contributed by atoms with Crippen molar-refractivity contribution in [3.05, 3.63) is 0 Å². The van der Waals surface area contributed by atoms with Crippen molar-refractivity contribution in [3.8, 4) is 0 Å². The van der Waals surface area contributed by atoms with Gasteiger partial charge in [0.2, 0.25) is 5.91 Å². The van der Waals surface area contributed by atoms with Crippen LogP contribution < -0.4 is 5.32 Å². The molecule has 4 nitrogen and oxygen atoms in total. The van der Waals surface area contributed by atoms with Crippen molar-refractivity contribution in [1.82, 2.24) is 5.32 Å². The molecule has 3 unspecified atom stereocenters. The Morgan fingerprint density at radius 1 is 1.44 bits per heavy atom. The van der Waals surface area contributed by atoms with Gasteiger partial charge < -0.3 is 10.4 Å². The fraction of sp³-hybridized carbons (Fsp3) is 0.833. The van der Waals surface area contributed by atoms with E-state index in [0.29, 0.717) is 12.3 Å². The molecule has 2 saturated carbocycles. The predicted molar refractivity (Wildman–Crippen MR) is 58.8 cm³/mol. The Morgan fingerprint density at radius 3 is 2.62 bits per heavy atom. The lowest BCUT2D eigenvalue weighted by Gasteiger charge is -2.13. The van der Waals surface area contributed by atoms with Gasteiger partial charge in [-0.15, -0.1) is 0 Å². The lowest BCUT2D eigenvalue weighted by atomic mass is 10.1. The number of carboxylic acids is 1. The third kappa shape index (κ3) is 2.54. The SMILES string of the molecule is CCCC(NC(=O)C1CC1C1CC1)C(=O)O. The molecule has 2 aliphatic rings. The molecule has 2 aliphatic carbocycles. The molecule has 3 atom stereocenters. The van der Waals surface area contributed by atoms with Gasteiger partial charge in [-0.1, -0.05) is 13.3 Å². The fourth-order valence-electron chi connectivity index (χ4n) is 2.39. The molecule has 0 saturated heterocycles. The molecule has 0 heterocycles. The van der Waals surface area contributed by atoms with Crippen molar-refractivity contribution >= 4 is 11.9 Å². The molecule has 0 aromatic rings. The number of carbonyl (C=O) groups is 2. The fourth-order valence-corrected chi connectivity index (χ4v) is 2.39. The molecule has 0 aromatic carbocycles. The predicted octanol–water partition coefficient (Wildman–Crippen LogP) is 1.40. The van der Waals surface area contributed by atoms with Crippen LogP contribution >= 0.6 is 0 Å². The van der Waals surface area contributed by atoms with Gasteiger partial charge in [0.15, 0.2) is 0 Å². The minimum absolute atomic E-state index is 0.0437. The summed E-state index contributed by atoms with van der Waals surface area (Å²) in [7, 11) is 0. The van der Waals surface area contributed by atoms with Gasteiger partial charge in [-0.2, -0.15) is 0 Å². The average Bonchev–Trinajstić information content (AvgIpc) is 3.06. The second-order valence-electron chi connectivity index (χ2n) is 5.03. The number of nitrogens with one attached hydrogen (secondary N) is 1. The van der Waals surface area contributed by atoms with E-state index >= 15 is 0 Å². The molecule has 0 aromatic heterocycles. The van der Waals surface area contributed by atoms with Crippen LogP contribution in [0.15, 0.2) is 0 Å². The Bertz CT molecular complexity index is 299. The molecule has 0 bridgehead atoms. The second-order valence-corrected chi connectivity index (χ2v) is 5.03. The minimum Gasteiger partial charge on any atom is -0.480 e. The van der Waals surface area contributed by atoms with Crippen molar-refractivity contribution in [2.75, 3.05) is 0 Å². The summed E-state index contributed by atoms with van der Waals surface area (Å²) in [6.45, 7) is 1.92. The zero-order valence-electron chi connectivity index (χ0n) is 9.61. The Kier molecular flexibility index (Phi) is 3.17. The summed E-state index contributed by atoms with van der Waals surface area (Å²) in [5.74, 6) is 0.448. The van der Waals surface area contributed by atoms with Gasteiger partial charge in [0.05, 0.1) is 0 Å². The summed E-state index contributed by atoms with van der Waals surface area (Å²) in [6, 6.07) is -0.696. The number of hydrogen-bond donors (Lipinski definition) is 2. The summed E-state index contributed by atoms with van der Waals surface area (Å²) in [5, 5.41) is 11.6. The van der Waals surface area contributed by atoms with Gasteiger partial charge in [0.1, 0.15) is 6.04 Å². The minimum atomic E-state index is -0.918. The molecular weight excluding hydrogens is 206 g/mol. The summed E-state index contributed by atoms with van der Waals surface area (Å²) in [6.07, 6.45) is 4.77. The van der Waals surface area contributed by atoms with Crippen LogP contribution in [0.25, 0.3) is 0 Å². The van der Waals surface area contributed by atoms with E-state index in [9.17, 15) is 9.59 Å². The molecule has 0 radical (unpaired) electrons. The third-order valence-corrected chi connectivity index (χ3v) is 3.60. The standard InChI is InChI=1S/C12H19NO3/c1-2-3-10(12(15)16)13-11(14)9-6-8(9)7-4-5-7/h7-10H,2-6H2,1H3,(H,13,14)(H,15,16). The Hall–Kier alpha value is -1.06. The van der Waals surface area contributed by atoms with E-state index in [-0.39, 0.29) is 11.8 Å². The van der Waals surface area contributed by atoms with E-state index in [1.54, 1.807) is 0 Å². The molecule has 0 spiro atoms. The smallest absolute Gasteiger partial charge is 0.326 e. The van der Waals surface area contributed by atoms with Crippen LogP contribution in [-0.4, -0.2) is 23.0 Å².